The normalized spacial score (nSPS) is 19.4. The fraction of sp³-hybridized carbons (Fsp3) is 0.459. The van der Waals surface area contributed by atoms with Crippen LogP contribution in [0, 0.1) is 0 Å². The van der Waals surface area contributed by atoms with Crippen molar-refractivity contribution in [3.05, 3.63) is 101 Å². The van der Waals surface area contributed by atoms with Crippen LogP contribution < -0.4 is 9.64 Å². The highest BCUT2D eigenvalue weighted by molar-refractivity contribution is 5.79. The molecule has 1 unspecified atom stereocenters. The third kappa shape index (κ3) is 8.34. The van der Waals surface area contributed by atoms with Crippen LogP contribution in [0.3, 0.4) is 0 Å². The van der Waals surface area contributed by atoms with Crippen molar-refractivity contribution < 1.29 is 40.6 Å². The third-order valence-corrected chi connectivity index (χ3v) is 9.02. The number of rotatable bonds is 11. The van der Waals surface area contributed by atoms with Crippen molar-refractivity contribution in [2.45, 2.75) is 63.9 Å². The Morgan fingerprint density at radius 3 is 2.25 bits per heavy atom. The Labute approximate surface area is 294 Å². The van der Waals surface area contributed by atoms with Crippen LogP contribution in [-0.2, 0) is 27.3 Å². The van der Waals surface area contributed by atoms with Crippen LogP contribution in [0.1, 0.15) is 50.1 Å². The van der Waals surface area contributed by atoms with E-state index in [1.807, 2.05) is 42.7 Å². The summed E-state index contributed by atoms with van der Waals surface area (Å²) < 4.78 is 97.8. The van der Waals surface area contributed by atoms with Crippen LogP contribution in [-0.4, -0.2) is 85.1 Å². The molecule has 0 radical (unpaired) electrons. The van der Waals surface area contributed by atoms with Crippen LogP contribution in [0.15, 0.2) is 72.9 Å². The number of amides is 1. The number of piperazine rings is 1. The summed E-state index contributed by atoms with van der Waals surface area (Å²) in [6.07, 6.45) is -6.92. The molecule has 2 saturated heterocycles. The number of nitrogens with zero attached hydrogens (tertiary/aromatic N) is 5. The molecule has 0 saturated carbocycles. The molecular weight excluding hydrogens is 676 g/mol. The zero-order chi connectivity index (χ0) is 37.0. The predicted molar refractivity (Wildman–Crippen MR) is 182 cm³/mol. The van der Waals surface area contributed by atoms with Gasteiger partial charge in [0.05, 0.1) is 25.5 Å². The Balaban J connectivity index is 1.26. The summed E-state index contributed by atoms with van der Waals surface area (Å²) in [6.45, 7) is 8.89. The van der Waals surface area contributed by atoms with Gasteiger partial charge in [-0.25, -0.2) is 0 Å². The van der Waals surface area contributed by atoms with Crippen molar-refractivity contribution in [2.24, 2.45) is 0 Å². The second kappa shape index (κ2) is 15.2. The molecule has 2 fully saturated rings. The summed E-state index contributed by atoms with van der Waals surface area (Å²) in [6, 6.07) is 14.1. The minimum atomic E-state index is -5.82. The second-order valence-electron chi connectivity index (χ2n) is 13.2. The molecule has 1 atom stereocenters. The number of carbonyl (C=O) groups excluding carboxylic acids is 1. The first-order valence-electron chi connectivity index (χ1n) is 16.7. The first-order chi connectivity index (χ1) is 24.1. The average molecular weight is 719 g/mol. The molecule has 8 nitrogen and oxygen atoms in total. The van der Waals surface area contributed by atoms with Gasteiger partial charge in [-0.15, -0.1) is 0 Å². The highest BCUT2D eigenvalue weighted by Crippen LogP contribution is 2.54. The molecule has 0 bridgehead atoms. The predicted octanol–water partition coefficient (Wildman–Crippen LogP) is 7.65. The van der Waals surface area contributed by atoms with Gasteiger partial charge in [0.25, 0.3) is 5.60 Å². The number of hydrogen-bond donors (Lipinski definition) is 0. The minimum absolute atomic E-state index is 0.0239. The van der Waals surface area contributed by atoms with Crippen LogP contribution in [0.2, 0.25) is 0 Å². The largest absolute Gasteiger partial charge is 0.638 e. The summed E-state index contributed by atoms with van der Waals surface area (Å²) in [5, 5.41) is 4.76. The van der Waals surface area contributed by atoms with E-state index in [2.05, 4.69) is 4.98 Å². The van der Waals surface area contributed by atoms with Gasteiger partial charge in [-0.2, -0.15) is 26.3 Å². The number of benzene rings is 2. The molecule has 2 aromatic carbocycles. The van der Waals surface area contributed by atoms with Gasteiger partial charge in [0.2, 0.25) is 5.91 Å². The number of allylic oxidation sites excluding steroid dienone is 1. The van der Waals surface area contributed by atoms with Crippen molar-refractivity contribution in [3.8, 4) is 5.75 Å². The van der Waals surface area contributed by atoms with Gasteiger partial charge in [0, 0.05) is 43.1 Å². The lowest BCUT2D eigenvalue weighted by atomic mass is 9.89. The summed E-state index contributed by atoms with van der Waals surface area (Å²) >= 11 is 0. The Morgan fingerprint density at radius 1 is 0.980 bits per heavy atom. The summed E-state index contributed by atoms with van der Waals surface area (Å²) in [5.74, 6) is 0.571. The van der Waals surface area contributed by atoms with E-state index in [0.717, 1.165) is 17.8 Å². The van der Waals surface area contributed by atoms with Crippen LogP contribution in [0.4, 0.5) is 32.0 Å². The van der Waals surface area contributed by atoms with Gasteiger partial charge in [-0.05, 0) is 62.7 Å². The smallest absolute Gasteiger partial charge is 0.430 e. The molecule has 5 rings (SSSR count). The Bertz CT molecular complexity index is 1640. The third-order valence-electron chi connectivity index (χ3n) is 9.02. The molecular formula is C37H42F6N5O3-. The van der Waals surface area contributed by atoms with Gasteiger partial charge in [-0.3, -0.25) is 9.78 Å². The molecule has 0 spiro atoms. The standard InChI is InChI=1S/C37H42F6N5O3/c1-5-9-28-20-29(35(36(38,39)40,37(41,42)43)50-23-27-10-7-6-8-11-27)12-14-31(28)47-16-18-48(19-17-47)33(49)22-46-24-34(4,45-25-46)32-15-13-30(21-44-32)51-26(2)3/h5-15,20-21,26H,16-19,22-25H2,1-4H3/q-1/b9-5-. The number of pyridine rings is 1. The van der Waals surface area contributed by atoms with Crippen molar-refractivity contribution in [2.75, 3.05) is 50.8 Å². The lowest BCUT2D eigenvalue weighted by Crippen LogP contribution is -2.56. The summed E-state index contributed by atoms with van der Waals surface area (Å²) in [5.41, 5.74) is -4.65. The van der Waals surface area contributed by atoms with E-state index in [9.17, 15) is 31.1 Å². The van der Waals surface area contributed by atoms with Gasteiger partial charge >= 0.3 is 12.4 Å². The maximum absolute atomic E-state index is 14.5. The Kier molecular flexibility index (Phi) is 11.4. The van der Waals surface area contributed by atoms with Crippen LogP contribution in [0.25, 0.3) is 11.4 Å². The van der Waals surface area contributed by atoms with E-state index in [1.54, 1.807) is 30.2 Å². The zero-order valence-electron chi connectivity index (χ0n) is 29.0. The first-order valence-corrected chi connectivity index (χ1v) is 16.7. The zero-order valence-corrected chi connectivity index (χ0v) is 29.0. The van der Waals surface area contributed by atoms with Crippen molar-refractivity contribution in [3.63, 3.8) is 0 Å². The van der Waals surface area contributed by atoms with Gasteiger partial charge in [0.1, 0.15) is 5.75 Å². The molecule has 1 amide bonds. The lowest BCUT2D eigenvalue weighted by Gasteiger charge is -2.39. The quantitative estimate of drug-likeness (QED) is 0.190. The maximum atomic E-state index is 14.5. The number of hydrogen-bond acceptors (Lipinski definition) is 6. The monoisotopic (exact) mass is 718 g/mol. The van der Waals surface area contributed by atoms with Crippen LogP contribution in [0.5, 0.6) is 5.75 Å². The number of aromatic nitrogens is 1. The van der Waals surface area contributed by atoms with E-state index in [0.29, 0.717) is 50.8 Å². The fourth-order valence-corrected chi connectivity index (χ4v) is 6.46. The van der Waals surface area contributed by atoms with E-state index < -0.39 is 35.7 Å². The first kappa shape index (κ1) is 38.1. The molecule has 1 aromatic heterocycles. The van der Waals surface area contributed by atoms with Gasteiger partial charge < -0.3 is 29.5 Å². The number of ether oxygens (including phenoxy) is 2. The van der Waals surface area contributed by atoms with Gasteiger partial charge in [0.15, 0.2) is 0 Å². The molecule has 14 heteroatoms. The minimum Gasteiger partial charge on any atom is -0.638 e. The Hall–Kier alpha value is -4.14. The van der Waals surface area contributed by atoms with Gasteiger partial charge in [-0.1, -0.05) is 67.7 Å². The number of carbonyl (C=O) groups is 1. The van der Waals surface area contributed by atoms with E-state index in [1.165, 1.54) is 36.4 Å². The molecule has 2 aliphatic heterocycles. The fourth-order valence-electron chi connectivity index (χ4n) is 6.46. The van der Waals surface area contributed by atoms with E-state index >= 15 is 0 Å². The number of alkyl halides is 6. The number of halogens is 6. The highest BCUT2D eigenvalue weighted by Gasteiger charge is 2.73. The Morgan fingerprint density at radius 2 is 1.67 bits per heavy atom. The van der Waals surface area contributed by atoms with Crippen molar-refractivity contribution >= 4 is 17.7 Å². The van der Waals surface area contributed by atoms with E-state index in [-0.39, 0.29) is 29.7 Å². The second-order valence-corrected chi connectivity index (χ2v) is 13.2. The SMILES string of the molecule is C/C=C\c1cc(C(OCc2ccccc2)(C(F)(F)F)C(F)(F)F)ccc1N1CCN(C(=O)CN2C[N-]C(C)(c3ccc(OC(C)C)cn3)C2)CC1. The lowest BCUT2D eigenvalue weighted by molar-refractivity contribution is -0.392. The summed E-state index contributed by atoms with van der Waals surface area (Å²) in [7, 11) is 0. The highest BCUT2D eigenvalue weighted by atomic mass is 19.4. The van der Waals surface area contributed by atoms with Crippen molar-refractivity contribution in [1.82, 2.24) is 14.8 Å². The summed E-state index contributed by atoms with van der Waals surface area (Å²) in [4.78, 5) is 23.4. The molecule has 0 aliphatic carbocycles. The molecule has 3 aromatic rings. The topological polar surface area (TPSA) is 72.2 Å². The van der Waals surface area contributed by atoms with Crippen molar-refractivity contribution in [1.29, 1.82) is 0 Å². The van der Waals surface area contributed by atoms with E-state index in [4.69, 9.17) is 14.8 Å². The average Bonchev–Trinajstić information content (AvgIpc) is 3.45. The maximum Gasteiger partial charge on any atom is 0.430 e. The molecule has 0 N–H and O–H groups in total. The molecule has 276 valence electrons. The molecule has 2 aliphatic rings. The molecule has 51 heavy (non-hydrogen) atoms. The number of anilines is 1. The van der Waals surface area contributed by atoms with Crippen LogP contribution >= 0.6 is 0 Å². The molecule has 3 heterocycles.